The van der Waals surface area contributed by atoms with Crippen molar-refractivity contribution in [2.24, 2.45) is 5.92 Å². The highest BCUT2D eigenvalue weighted by atomic mass is 35.5. The Hall–Kier alpha value is -2.63. The topological polar surface area (TPSA) is 55.4 Å². The maximum atomic E-state index is 12.9. The Balaban J connectivity index is 1.94. The van der Waals surface area contributed by atoms with Crippen LogP contribution < -0.4 is 5.32 Å². The van der Waals surface area contributed by atoms with Crippen LogP contribution in [0.4, 0.5) is 5.00 Å². The van der Waals surface area contributed by atoms with E-state index in [0.29, 0.717) is 27.1 Å². The minimum absolute atomic E-state index is 0.270. The van der Waals surface area contributed by atoms with Crippen molar-refractivity contribution < 1.29 is 14.3 Å². The quantitative estimate of drug-likeness (QED) is 0.387. The first kappa shape index (κ1) is 23.0. The molecule has 0 aliphatic carbocycles. The van der Waals surface area contributed by atoms with Crippen LogP contribution >= 0.6 is 22.9 Å². The van der Waals surface area contributed by atoms with Crippen molar-refractivity contribution in [3.8, 4) is 11.1 Å². The van der Waals surface area contributed by atoms with Crippen LogP contribution in [-0.4, -0.2) is 18.0 Å². The first-order valence-corrected chi connectivity index (χ1v) is 11.5. The summed E-state index contributed by atoms with van der Waals surface area (Å²) in [7, 11) is 0. The molecule has 31 heavy (non-hydrogen) atoms. The van der Waals surface area contributed by atoms with E-state index in [-0.39, 0.29) is 12.0 Å². The van der Waals surface area contributed by atoms with Gasteiger partial charge >= 0.3 is 5.97 Å². The third-order valence-electron chi connectivity index (χ3n) is 4.58. The number of hydrogen-bond acceptors (Lipinski definition) is 4. The normalized spacial score (nSPS) is 11.1. The van der Waals surface area contributed by atoms with Crippen molar-refractivity contribution in [2.75, 3.05) is 5.32 Å². The van der Waals surface area contributed by atoms with Gasteiger partial charge in [-0.25, -0.2) is 4.79 Å². The van der Waals surface area contributed by atoms with E-state index in [1.54, 1.807) is 38.1 Å². The van der Waals surface area contributed by atoms with Crippen molar-refractivity contribution in [3.63, 3.8) is 0 Å². The summed E-state index contributed by atoms with van der Waals surface area (Å²) in [5, 5.41) is 5.76. The summed E-state index contributed by atoms with van der Waals surface area (Å²) in [6, 6.07) is 14.8. The Morgan fingerprint density at radius 1 is 1.00 bits per heavy atom. The van der Waals surface area contributed by atoms with Crippen molar-refractivity contribution >= 4 is 39.8 Å². The van der Waals surface area contributed by atoms with Crippen LogP contribution in [0.5, 0.6) is 0 Å². The molecule has 1 heterocycles. The van der Waals surface area contributed by atoms with E-state index in [1.165, 1.54) is 16.9 Å². The zero-order valence-corrected chi connectivity index (χ0v) is 19.6. The number of benzene rings is 2. The Morgan fingerprint density at radius 3 is 2.23 bits per heavy atom. The van der Waals surface area contributed by atoms with Gasteiger partial charge in [-0.3, -0.25) is 4.79 Å². The number of carbonyl (C=O) groups is 2. The van der Waals surface area contributed by atoms with E-state index in [9.17, 15) is 9.59 Å². The van der Waals surface area contributed by atoms with E-state index >= 15 is 0 Å². The molecule has 6 heteroatoms. The molecule has 0 saturated heterocycles. The molecule has 0 spiro atoms. The van der Waals surface area contributed by atoms with Crippen LogP contribution in [0.2, 0.25) is 5.02 Å². The average Bonchev–Trinajstić information content (AvgIpc) is 3.11. The van der Waals surface area contributed by atoms with Gasteiger partial charge in [-0.2, -0.15) is 0 Å². The number of rotatable bonds is 7. The molecule has 0 radical (unpaired) electrons. The summed E-state index contributed by atoms with van der Waals surface area (Å²) in [5.41, 5.74) is 3.74. The number of amides is 1. The fraction of sp³-hybridized carbons (Fsp3) is 0.280. The molecule has 3 rings (SSSR count). The first-order valence-electron chi connectivity index (χ1n) is 10.2. The molecule has 1 aromatic heterocycles. The number of ether oxygens (including phenoxy) is 1. The van der Waals surface area contributed by atoms with Crippen LogP contribution in [0, 0.1) is 5.92 Å². The minimum atomic E-state index is -0.455. The fourth-order valence-corrected chi connectivity index (χ4v) is 4.28. The predicted molar refractivity (Wildman–Crippen MR) is 128 cm³/mol. The van der Waals surface area contributed by atoms with E-state index in [4.69, 9.17) is 16.3 Å². The largest absolute Gasteiger partial charge is 0.459 e. The molecule has 0 saturated carbocycles. The Bertz CT molecular complexity index is 1050. The molecule has 0 unspecified atom stereocenters. The zero-order chi connectivity index (χ0) is 22.5. The summed E-state index contributed by atoms with van der Waals surface area (Å²) >= 11 is 7.22. The lowest BCUT2D eigenvalue weighted by Gasteiger charge is -2.12. The molecular weight excluding hydrogens is 430 g/mol. The Kier molecular flexibility index (Phi) is 7.52. The van der Waals surface area contributed by atoms with Gasteiger partial charge in [-0.15, -0.1) is 11.3 Å². The molecule has 0 bridgehead atoms. The SMILES string of the molecule is CC(C)Cc1ccc(-c2csc(NC(=O)c3ccc(Cl)cc3)c2C(=O)OC(C)C)cc1. The molecule has 0 atom stereocenters. The summed E-state index contributed by atoms with van der Waals surface area (Å²) < 4.78 is 5.48. The molecule has 1 N–H and O–H groups in total. The van der Waals surface area contributed by atoms with Gasteiger partial charge in [0.15, 0.2) is 0 Å². The van der Waals surface area contributed by atoms with Gasteiger partial charge in [-0.1, -0.05) is 49.7 Å². The lowest BCUT2D eigenvalue weighted by atomic mass is 9.98. The van der Waals surface area contributed by atoms with Gasteiger partial charge in [0.25, 0.3) is 5.91 Å². The summed E-state index contributed by atoms with van der Waals surface area (Å²) in [4.78, 5) is 25.6. The van der Waals surface area contributed by atoms with E-state index < -0.39 is 5.97 Å². The van der Waals surface area contributed by atoms with Gasteiger partial charge in [0.1, 0.15) is 10.6 Å². The number of halogens is 1. The third-order valence-corrected chi connectivity index (χ3v) is 5.73. The van der Waals surface area contributed by atoms with Gasteiger partial charge in [0.05, 0.1) is 6.10 Å². The lowest BCUT2D eigenvalue weighted by Crippen LogP contribution is -2.16. The minimum Gasteiger partial charge on any atom is -0.459 e. The Labute approximate surface area is 192 Å². The summed E-state index contributed by atoms with van der Waals surface area (Å²) in [6.45, 7) is 7.97. The molecule has 1 amide bonds. The monoisotopic (exact) mass is 455 g/mol. The maximum Gasteiger partial charge on any atom is 0.342 e. The highest BCUT2D eigenvalue weighted by Gasteiger charge is 2.24. The highest BCUT2D eigenvalue weighted by Crippen LogP contribution is 2.37. The second kappa shape index (κ2) is 10.1. The van der Waals surface area contributed by atoms with Crippen molar-refractivity contribution in [1.29, 1.82) is 0 Å². The van der Waals surface area contributed by atoms with E-state index in [1.807, 2.05) is 17.5 Å². The average molecular weight is 456 g/mol. The molecule has 2 aromatic carbocycles. The van der Waals surface area contributed by atoms with Crippen molar-refractivity contribution in [1.82, 2.24) is 0 Å². The fourth-order valence-electron chi connectivity index (χ4n) is 3.21. The standard InChI is InChI=1S/C25H26ClNO3S/c1-15(2)13-17-5-7-18(8-6-17)21-14-31-24(22(21)25(29)30-16(3)4)27-23(28)19-9-11-20(26)12-10-19/h5-12,14-16H,13H2,1-4H3,(H,27,28). The molecule has 4 nitrogen and oxygen atoms in total. The summed E-state index contributed by atoms with van der Waals surface area (Å²) in [5.74, 6) is -0.196. The van der Waals surface area contributed by atoms with Crippen molar-refractivity contribution in [3.05, 3.63) is 75.6 Å². The molecule has 0 fully saturated rings. The summed E-state index contributed by atoms with van der Waals surface area (Å²) in [6.07, 6.45) is 0.725. The molecule has 0 aliphatic heterocycles. The van der Waals surface area contributed by atoms with Crippen LogP contribution in [0.25, 0.3) is 11.1 Å². The van der Waals surface area contributed by atoms with E-state index in [2.05, 4.69) is 31.3 Å². The third kappa shape index (κ3) is 5.96. The molecule has 3 aromatic rings. The smallest absolute Gasteiger partial charge is 0.342 e. The first-order chi connectivity index (χ1) is 14.7. The van der Waals surface area contributed by atoms with Gasteiger partial charge in [0.2, 0.25) is 0 Å². The number of nitrogens with one attached hydrogen (secondary N) is 1. The number of esters is 1. The number of carbonyl (C=O) groups excluding carboxylic acids is 2. The zero-order valence-electron chi connectivity index (χ0n) is 18.1. The number of anilines is 1. The maximum absolute atomic E-state index is 12.9. The van der Waals surface area contributed by atoms with Gasteiger partial charge < -0.3 is 10.1 Å². The van der Waals surface area contributed by atoms with Crippen LogP contribution in [0.15, 0.2) is 53.9 Å². The van der Waals surface area contributed by atoms with Crippen LogP contribution in [0.3, 0.4) is 0 Å². The highest BCUT2D eigenvalue weighted by molar-refractivity contribution is 7.15. The van der Waals surface area contributed by atoms with Crippen LogP contribution in [0.1, 0.15) is 54.0 Å². The second-order valence-corrected chi connectivity index (χ2v) is 9.38. The van der Waals surface area contributed by atoms with Gasteiger partial charge in [0, 0.05) is 21.5 Å². The number of hydrogen-bond donors (Lipinski definition) is 1. The van der Waals surface area contributed by atoms with Crippen molar-refractivity contribution in [2.45, 2.75) is 40.2 Å². The van der Waals surface area contributed by atoms with Gasteiger partial charge in [-0.05, 0) is 61.6 Å². The van der Waals surface area contributed by atoms with Crippen LogP contribution in [-0.2, 0) is 11.2 Å². The Morgan fingerprint density at radius 2 is 1.65 bits per heavy atom. The lowest BCUT2D eigenvalue weighted by molar-refractivity contribution is 0.0380. The number of thiophene rings is 1. The predicted octanol–water partition coefficient (Wildman–Crippen LogP) is 7.08. The molecule has 0 aliphatic rings. The molecule has 162 valence electrons. The second-order valence-electron chi connectivity index (χ2n) is 8.06. The molecular formula is C25H26ClNO3S. The van der Waals surface area contributed by atoms with E-state index in [0.717, 1.165) is 17.5 Å².